The number of carbonyl (C=O) groups excluding carboxylic acids is 1. The molecule has 142 valence electrons. The number of para-hydroxylation sites is 1. The van der Waals surface area contributed by atoms with E-state index in [0.29, 0.717) is 19.4 Å². The van der Waals surface area contributed by atoms with E-state index >= 15 is 0 Å². The molecule has 1 aliphatic heterocycles. The largest absolute Gasteiger partial charge is 0.391 e. The summed E-state index contributed by atoms with van der Waals surface area (Å²) in [5, 5.41) is 2.85. The molecule has 1 aliphatic carbocycles. The van der Waals surface area contributed by atoms with Crippen LogP contribution in [0.25, 0.3) is 0 Å². The molecule has 1 fully saturated rings. The molecule has 6 heteroatoms. The van der Waals surface area contributed by atoms with Crippen molar-refractivity contribution in [2.75, 3.05) is 18.0 Å². The van der Waals surface area contributed by atoms with Gasteiger partial charge in [0.2, 0.25) is 5.91 Å². The molecule has 1 amide bonds. The van der Waals surface area contributed by atoms with Gasteiger partial charge in [0.15, 0.2) is 0 Å². The van der Waals surface area contributed by atoms with Gasteiger partial charge in [-0.2, -0.15) is 13.2 Å². The lowest BCUT2D eigenvalue weighted by molar-refractivity contribution is -0.182. The van der Waals surface area contributed by atoms with Crippen LogP contribution in [0, 0.1) is 11.8 Å². The Hall–Kier alpha value is -1.98. The summed E-state index contributed by atoms with van der Waals surface area (Å²) in [7, 11) is 0. The number of nitrogens with zero attached hydrogens (tertiary/aromatic N) is 1. The Bertz CT molecular complexity index is 651. The number of nitrogens with one attached hydrogen (secondary N) is 1. The zero-order valence-corrected chi connectivity index (χ0v) is 14.8. The van der Waals surface area contributed by atoms with Gasteiger partial charge in [0.25, 0.3) is 0 Å². The molecule has 1 N–H and O–H groups in total. The first-order valence-corrected chi connectivity index (χ1v) is 9.20. The Balaban J connectivity index is 1.71. The van der Waals surface area contributed by atoms with E-state index in [1.54, 1.807) is 0 Å². The first-order chi connectivity index (χ1) is 12.4. The minimum Gasteiger partial charge on any atom is -0.368 e. The molecular formula is C20H25F3N2O. The second-order valence-electron chi connectivity index (χ2n) is 7.35. The fourth-order valence-corrected chi connectivity index (χ4v) is 4.23. The lowest BCUT2D eigenvalue weighted by Crippen LogP contribution is -2.47. The van der Waals surface area contributed by atoms with Crippen molar-refractivity contribution in [3.63, 3.8) is 0 Å². The quantitative estimate of drug-likeness (QED) is 0.814. The van der Waals surface area contributed by atoms with E-state index in [9.17, 15) is 18.0 Å². The van der Waals surface area contributed by atoms with Crippen molar-refractivity contribution in [2.45, 2.75) is 44.3 Å². The van der Waals surface area contributed by atoms with Crippen molar-refractivity contribution < 1.29 is 18.0 Å². The second kappa shape index (κ2) is 7.72. The standard InChI is InChI=1S/C20H25F3N2O/c1-2-19(26)24-12-14-11-15-5-3-4-6-18(15)25(13-14)17-9-7-16(8-10-17)20(21,22)23/h2-6,14,16-17H,1,7-13H2,(H,24,26). The molecule has 26 heavy (non-hydrogen) atoms. The van der Waals surface area contributed by atoms with Gasteiger partial charge in [-0.15, -0.1) is 0 Å². The van der Waals surface area contributed by atoms with Crippen LogP contribution < -0.4 is 10.2 Å². The fourth-order valence-electron chi connectivity index (χ4n) is 4.23. The highest BCUT2D eigenvalue weighted by atomic mass is 19.4. The molecule has 2 aliphatic rings. The summed E-state index contributed by atoms with van der Waals surface area (Å²) in [4.78, 5) is 13.7. The summed E-state index contributed by atoms with van der Waals surface area (Å²) in [6.07, 6.45) is -0.443. The van der Waals surface area contributed by atoms with Crippen molar-refractivity contribution in [3.05, 3.63) is 42.5 Å². The average molecular weight is 366 g/mol. The van der Waals surface area contributed by atoms with Crippen molar-refractivity contribution in [2.24, 2.45) is 11.8 Å². The Morgan fingerprint density at radius 3 is 2.58 bits per heavy atom. The molecule has 1 unspecified atom stereocenters. The van der Waals surface area contributed by atoms with Gasteiger partial charge in [-0.1, -0.05) is 24.8 Å². The van der Waals surface area contributed by atoms with Gasteiger partial charge in [0, 0.05) is 24.8 Å². The molecule has 1 saturated carbocycles. The molecule has 0 spiro atoms. The molecule has 3 nitrogen and oxygen atoms in total. The van der Waals surface area contributed by atoms with E-state index in [0.717, 1.165) is 18.7 Å². The van der Waals surface area contributed by atoms with Gasteiger partial charge in [0.05, 0.1) is 5.92 Å². The maximum Gasteiger partial charge on any atom is 0.391 e. The summed E-state index contributed by atoms with van der Waals surface area (Å²) >= 11 is 0. The van der Waals surface area contributed by atoms with Crippen LogP contribution in [0.5, 0.6) is 0 Å². The van der Waals surface area contributed by atoms with Crippen LogP contribution in [0.2, 0.25) is 0 Å². The van der Waals surface area contributed by atoms with E-state index in [4.69, 9.17) is 0 Å². The number of fused-ring (bicyclic) bond motifs is 1. The van der Waals surface area contributed by atoms with Gasteiger partial charge in [0.1, 0.15) is 0 Å². The van der Waals surface area contributed by atoms with E-state index in [1.165, 1.54) is 11.6 Å². The molecule has 0 aromatic heterocycles. The number of carbonyl (C=O) groups is 1. The van der Waals surface area contributed by atoms with Crippen LogP contribution in [0.3, 0.4) is 0 Å². The lowest BCUT2D eigenvalue weighted by atomic mass is 9.82. The highest BCUT2D eigenvalue weighted by Gasteiger charge is 2.43. The minimum absolute atomic E-state index is 0.132. The first kappa shape index (κ1) is 18.8. The fraction of sp³-hybridized carbons (Fsp3) is 0.550. The third kappa shape index (κ3) is 4.22. The van der Waals surface area contributed by atoms with Gasteiger partial charge < -0.3 is 10.2 Å². The summed E-state index contributed by atoms with van der Waals surface area (Å²) < 4.78 is 38.9. The van der Waals surface area contributed by atoms with E-state index < -0.39 is 12.1 Å². The third-order valence-corrected chi connectivity index (χ3v) is 5.62. The highest BCUT2D eigenvalue weighted by molar-refractivity contribution is 5.86. The molecule has 1 heterocycles. The molecule has 0 radical (unpaired) electrons. The van der Waals surface area contributed by atoms with Gasteiger partial charge in [-0.3, -0.25) is 4.79 Å². The normalized spacial score (nSPS) is 26.1. The first-order valence-electron chi connectivity index (χ1n) is 9.20. The monoisotopic (exact) mass is 366 g/mol. The van der Waals surface area contributed by atoms with Crippen LogP contribution in [-0.2, 0) is 11.2 Å². The van der Waals surface area contributed by atoms with Crippen LogP contribution >= 0.6 is 0 Å². The maximum atomic E-state index is 13.0. The summed E-state index contributed by atoms with van der Waals surface area (Å²) in [6, 6.07) is 8.23. The second-order valence-corrected chi connectivity index (χ2v) is 7.35. The predicted octanol–water partition coefficient (Wildman–Crippen LogP) is 4.09. The smallest absolute Gasteiger partial charge is 0.368 e. The molecule has 0 bridgehead atoms. The molecule has 1 aromatic rings. The number of amides is 1. The number of anilines is 1. The lowest BCUT2D eigenvalue weighted by Gasteiger charge is -2.44. The molecule has 1 aromatic carbocycles. The number of hydrogen-bond donors (Lipinski definition) is 1. The zero-order chi connectivity index (χ0) is 18.7. The number of hydrogen-bond acceptors (Lipinski definition) is 2. The topological polar surface area (TPSA) is 32.3 Å². The third-order valence-electron chi connectivity index (χ3n) is 5.62. The van der Waals surface area contributed by atoms with Crippen molar-refractivity contribution in [3.8, 4) is 0 Å². The predicted molar refractivity (Wildman–Crippen MR) is 96.0 cm³/mol. The van der Waals surface area contributed by atoms with Crippen LogP contribution in [0.4, 0.5) is 18.9 Å². The average Bonchev–Trinajstić information content (AvgIpc) is 2.64. The molecule has 0 saturated heterocycles. The Kier molecular flexibility index (Phi) is 5.58. The van der Waals surface area contributed by atoms with E-state index in [1.807, 2.05) is 12.1 Å². The van der Waals surface area contributed by atoms with E-state index in [-0.39, 0.29) is 30.7 Å². The zero-order valence-electron chi connectivity index (χ0n) is 14.8. The van der Waals surface area contributed by atoms with Crippen molar-refractivity contribution in [1.29, 1.82) is 0 Å². The summed E-state index contributed by atoms with van der Waals surface area (Å²) in [6.45, 7) is 4.77. The highest BCUT2D eigenvalue weighted by Crippen LogP contribution is 2.41. The Morgan fingerprint density at radius 1 is 1.23 bits per heavy atom. The van der Waals surface area contributed by atoms with Crippen molar-refractivity contribution in [1.82, 2.24) is 5.32 Å². The van der Waals surface area contributed by atoms with Gasteiger partial charge in [-0.25, -0.2) is 0 Å². The van der Waals surface area contributed by atoms with Crippen molar-refractivity contribution >= 4 is 11.6 Å². The number of halogens is 3. The minimum atomic E-state index is -4.08. The van der Waals surface area contributed by atoms with Crippen LogP contribution in [0.1, 0.15) is 31.2 Å². The van der Waals surface area contributed by atoms with Gasteiger partial charge >= 0.3 is 6.18 Å². The van der Waals surface area contributed by atoms with Crippen LogP contribution in [0.15, 0.2) is 36.9 Å². The van der Waals surface area contributed by atoms with Gasteiger partial charge in [-0.05, 0) is 55.7 Å². The number of alkyl halides is 3. The maximum absolute atomic E-state index is 13.0. The van der Waals surface area contributed by atoms with Crippen LogP contribution in [-0.4, -0.2) is 31.2 Å². The van der Waals surface area contributed by atoms with E-state index in [2.05, 4.69) is 28.9 Å². The molecular weight excluding hydrogens is 341 g/mol. The SMILES string of the molecule is C=CC(=O)NCC1Cc2ccccc2N(C2CCC(C(F)(F)F)CC2)C1. The number of rotatable bonds is 4. The molecule has 3 rings (SSSR count). The summed E-state index contributed by atoms with van der Waals surface area (Å²) in [5.74, 6) is -1.11. The Labute approximate surface area is 152 Å². The molecule has 1 atom stereocenters. The summed E-state index contributed by atoms with van der Waals surface area (Å²) in [5.41, 5.74) is 2.34. The Morgan fingerprint density at radius 2 is 1.92 bits per heavy atom. The number of benzene rings is 1.